The normalized spacial score (nSPS) is 12.5. The molecule has 0 spiro atoms. The van der Waals surface area contributed by atoms with Crippen LogP contribution in [0.5, 0.6) is 0 Å². The van der Waals surface area contributed by atoms with E-state index in [4.69, 9.17) is 17.3 Å². The zero-order chi connectivity index (χ0) is 14.2. The molecule has 0 aromatic heterocycles. The number of aryl methyl sites for hydroxylation is 2. The van der Waals surface area contributed by atoms with Crippen molar-refractivity contribution >= 4 is 27.5 Å². The van der Waals surface area contributed by atoms with Gasteiger partial charge in [-0.15, -0.1) is 0 Å². The molecule has 0 radical (unpaired) electrons. The van der Waals surface area contributed by atoms with Crippen LogP contribution in [0.15, 0.2) is 34.8 Å². The number of rotatable bonds is 2. The second kappa shape index (κ2) is 5.61. The molecule has 1 nitrogen and oxygen atoms in total. The number of nitrogens with two attached hydrogens (primary N) is 1. The summed E-state index contributed by atoms with van der Waals surface area (Å²) in [7, 11) is 0. The standard InChI is InChI=1S/C15H14BrClFN/c1-8-3-4-12(16)10(5-8)15(19)11-6-9(2)14(18)7-13(11)17/h3-7,15H,19H2,1-2H3. The largest absolute Gasteiger partial charge is 0.320 e. The van der Waals surface area contributed by atoms with Gasteiger partial charge in [-0.2, -0.15) is 0 Å². The molecule has 0 aliphatic rings. The van der Waals surface area contributed by atoms with E-state index in [0.717, 1.165) is 21.2 Å². The molecule has 4 heteroatoms. The SMILES string of the molecule is Cc1ccc(Br)c(C(N)c2cc(C)c(F)cc2Cl)c1. The zero-order valence-electron chi connectivity index (χ0n) is 10.7. The van der Waals surface area contributed by atoms with E-state index < -0.39 is 0 Å². The molecule has 0 bridgehead atoms. The van der Waals surface area contributed by atoms with Gasteiger partial charge in [0.15, 0.2) is 0 Å². The molecular formula is C15H14BrClFN. The summed E-state index contributed by atoms with van der Waals surface area (Å²) in [6.45, 7) is 3.70. The molecule has 0 saturated carbocycles. The third kappa shape index (κ3) is 2.99. The maximum atomic E-state index is 13.4. The molecule has 0 heterocycles. The molecular weight excluding hydrogens is 329 g/mol. The second-order valence-electron chi connectivity index (χ2n) is 4.63. The summed E-state index contributed by atoms with van der Waals surface area (Å²) in [4.78, 5) is 0. The van der Waals surface area contributed by atoms with E-state index in [1.165, 1.54) is 6.07 Å². The highest BCUT2D eigenvalue weighted by Gasteiger charge is 2.17. The van der Waals surface area contributed by atoms with E-state index >= 15 is 0 Å². The Morgan fingerprint density at radius 3 is 2.53 bits per heavy atom. The quantitative estimate of drug-likeness (QED) is 0.825. The average Bonchev–Trinajstić information content (AvgIpc) is 2.36. The predicted molar refractivity (Wildman–Crippen MR) is 81.1 cm³/mol. The molecule has 0 fully saturated rings. The molecule has 1 unspecified atom stereocenters. The van der Waals surface area contributed by atoms with Crippen molar-refractivity contribution in [1.82, 2.24) is 0 Å². The topological polar surface area (TPSA) is 26.0 Å². The summed E-state index contributed by atoms with van der Waals surface area (Å²) in [5.74, 6) is -0.316. The Kier molecular flexibility index (Phi) is 4.29. The van der Waals surface area contributed by atoms with Gasteiger partial charge in [0.2, 0.25) is 0 Å². The van der Waals surface area contributed by atoms with E-state index in [-0.39, 0.29) is 11.9 Å². The van der Waals surface area contributed by atoms with Gasteiger partial charge in [-0.25, -0.2) is 4.39 Å². The van der Waals surface area contributed by atoms with E-state index in [1.807, 2.05) is 25.1 Å². The number of hydrogen-bond donors (Lipinski definition) is 1. The van der Waals surface area contributed by atoms with Crippen molar-refractivity contribution in [3.63, 3.8) is 0 Å². The van der Waals surface area contributed by atoms with Crippen LogP contribution in [0.4, 0.5) is 4.39 Å². The van der Waals surface area contributed by atoms with Crippen LogP contribution < -0.4 is 5.73 Å². The molecule has 0 saturated heterocycles. The summed E-state index contributed by atoms with van der Waals surface area (Å²) < 4.78 is 14.4. The van der Waals surface area contributed by atoms with Crippen molar-refractivity contribution in [3.05, 3.63) is 67.9 Å². The number of hydrogen-bond acceptors (Lipinski definition) is 1. The molecule has 19 heavy (non-hydrogen) atoms. The van der Waals surface area contributed by atoms with Crippen molar-refractivity contribution < 1.29 is 4.39 Å². The predicted octanol–water partition coefficient (Wildman–Crippen LogP) is 4.91. The fourth-order valence-electron chi connectivity index (χ4n) is 1.99. The molecule has 2 aromatic carbocycles. The highest BCUT2D eigenvalue weighted by atomic mass is 79.9. The summed E-state index contributed by atoms with van der Waals surface area (Å²) in [6.07, 6.45) is 0. The molecule has 2 rings (SSSR count). The highest BCUT2D eigenvalue weighted by molar-refractivity contribution is 9.10. The molecule has 1 atom stereocenters. The monoisotopic (exact) mass is 341 g/mol. The average molecular weight is 343 g/mol. The van der Waals surface area contributed by atoms with E-state index in [2.05, 4.69) is 15.9 Å². The van der Waals surface area contributed by atoms with Crippen molar-refractivity contribution in [3.8, 4) is 0 Å². The molecule has 2 aromatic rings. The lowest BCUT2D eigenvalue weighted by Crippen LogP contribution is -2.14. The van der Waals surface area contributed by atoms with Gasteiger partial charge in [-0.3, -0.25) is 0 Å². The maximum Gasteiger partial charge on any atom is 0.127 e. The van der Waals surface area contributed by atoms with Gasteiger partial charge in [0.1, 0.15) is 5.82 Å². The Bertz CT molecular complexity index is 628. The van der Waals surface area contributed by atoms with Crippen molar-refractivity contribution in [2.45, 2.75) is 19.9 Å². The smallest absolute Gasteiger partial charge is 0.127 e. The Hall–Kier alpha value is -0.900. The first kappa shape index (κ1) is 14.5. The van der Waals surface area contributed by atoms with Gasteiger partial charge in [-0.05, 0) is 48.7 Å². The van der Waals surface area contributed by atoms with Crippen LogP contribution in [0.3, 0.4) is 0 Å². The van der Waals surface area contributed by atoms with Gasteiger partial charge in [0.25, 0.3) is 0 Å². The third-order valence-corrected chi connectivity index (χ3v) is 4.15. The van der Waals surface area contributed by atoms with Gasteiger partial charge in [0, 0.05) is 9.50 Å². The van der Waals surface area contributed by atoms with Crippen LogP contribution >= 0.6 is 27.5 Å². The first-order valence-corrected chi connectivity index (χ1v) is 7.04. The minimum Gasteiger partial charge on any atom is -0.320 e. The van der Waals surface area contributed by atoms with Crippen LogP contribution in [0.1, 0.15) is 28.3 Å². The fraction of sp³-hybridized carbons (Fsp3) is 0.200. The fourth-order valence-corrected chi connectivity index (χ4v) is 2.75. The van der Waals surface area contributed by atoms with Crippen molar-refractivity contribution in [1.29, 1.82) is 0 Å². The van der Waals surface area contributed by atoms with Crippen LogP contribution in [-0.4, -0.2) is 0 Å². The van der Waals surface area contributed by atoms with Crippen LogP contribution in [-0.2, 0) is 0 Å². The van der Waals surface area contributed by atoms with Crippen LogP contribution in [0.2, 0.25) is 5.02 Å². The number of benzene rings is 2. The number of halogens is 3. The van der Waals surface area contributed by atoms with E-state index in [9.17, 15) is 4.39 Å². The Morgan fingerprint density at radius 1 is 1.16 bits per heavy atom. The summed E-state index contributed by atoms with van der Waals surface area (Å²) in [6, 6.07) is 8.59. The van der Waals surface area contributed by atoms with E-state index in [0.29, 0.717) is 10.6 Å². The molecule has 0 amide bonds. The van der Waals surface area contributed by atoms with Crippen LogP contribution in [0, 0.1) is 19.7 Å². The van der Waals surface area contributed by atoms with Crippen molar-refractivity contribution in [2.24, 2.45) is 5.73 Å². The lowest BCUT2D eigenvalue weighted by atomic mass is 9.97. The van der Waals surface area contributed by atoms with Crippen LogP contribution in [0.25, 0.3) is 0 Å². The summed E-state index contributed by atoms with van der Waals surface area (Å²) in [5.41, 5.74) is 9.59. The second-order valence-corrected chi connectivity index (χ2v) is 5.89. The summed E-state index contributed by atoms with van der Waals surface area (Å²) >= 11 is 9.59. The lowest BCUT2D eigenvalue weighted by Gasteiger charge is -2.17. The molecule has 2 N–H and O–H groups in total. The van der Waals surface area contributed by atoms with Gasteiger partial charge in [0.05, 0.1) is 6.04 Å². The molecule has 100 valence electrons. The molecule has 0 aliphatic carbocycles. The first-order chi connectivity index (χ1) is 8.90. The summed E-state index contributed by atoms with van der Waals surface area (Å²) in [5, 5.41) is 0.351. The van der Waals surface area contributed by atoms with Gasteiger partial charge >= 0.3 is 0 Å². The Balaban J connectivity index is 2.52. The minimum absolute atomic E-state index is 0.316. The Morgan fingerprint density at radius 2 is 1.84 bits per heavy atom. The minimum atomic E-state index is -0.388. The highest BCUT2D eigenvalue weighted by Crippen LogP contribution is 2.32. The lowest BCUT2D eigenvalue weighted by molar-refractivity contribution is 0.617. The molecule has 0 aliphatic heterocycles. The van der Waals surface area contributed by atoms with Gasteiger partial charge < -0.3 is 5.73 Å². The third-order valence-electron chi connectivity index (χ3n) is 3.10. The first-order valence-electron chi connectivity index (χ1n) is 5.87. The maximum absolute atomic E-state index is 13.4. The zero-order valence-corrected chi connectivity index (χ0v) is 13.0. The van der Waals surface area contributed by atoms with Crippen molar-refractivity contribution in [2.75, 3.05) is 0 Å². The van der Waals surface area contributed by atoms with Gasteiger partial charge in [-0.1, -0.05) is 45.2 Å². The Labute approximate surface area is 125 Å². The van der Waals surface area contributed by atoms with E-state index in [1.54, 1.807) is 13.0 Å².